The number of hydrogen-bond acceptors (Lipinski definition) is 3. The van der Waals surface area contributed by atoms with Gasteiger partial charge in [0.05, 0.1) is 0 Å². The van der Waals surface area contributed by atoms with E-state index in [-0.39, 0.29) is 5.84 Å². The molecule has 2 aromatic carbocycles. The van der Waals surface area contributed by atoms with Crippen molar-refractivity contribution >= 4 is 29.6 Å². The van der Waals surface area contributed by atoms with E-state index in [0.29, 0.717) is 16.8 Å². The van der Waals surface area contributed by atoms with Crippen LogP contribution in [0.2, 0.25) is 0 Å². The number of amidine groups is 1. The van der Waals surface area contributed by atoms with Gasteiger partial charge in [-0.1, -0.05) is 24.3 Å². The topological polar surface area (TPSA) is 99.2 Å². The minimum absolute atomic E-state index is 0.0265. The molecule has 5 heteroatoms. The highest BCUT2D eigenvalue weighted by Gasteiger charge is 2.20. The smallest absolute Gasteiger partial charge is 0.330 e. The molecule has 0 saturated carbocycles. The molecule has 5 N–H and O–H groups in total. The lowest BCUT2D eigenvalue weighted by molar-refractivity contribution is -0.138. The van der Waals surface area contributed by atoms with Crippen molar-refractivity contribution in [1.29, 1.82) is 5.41 Å². The molecule has 1 atom stereocenters. The Morgan fingerprint density at radius 3 is 2.04 bits per heavy atom. The number of aliphatic carboxylic acids is 1. The lowest BCUT2D eigenvalue weighted by atomic mass is 9.99. The van der Waals surface area contributed by atoms with Gasteiger partial charge in [0.2, 0.25) is 0 Å². The zero-order valence-electron chi connectivity index (χ0n) is 14.9. The largest absolute Gasteiger partial charge is 0.479 e. The number of allylic oxidation sites excluding steroid dienone is 2. The standard InChI is InChI=1S/C21H23N3O2/c1-3-5-14-11-15(6-4-2)13-17(12-14)19(21(25)26)24-18-9-7-16(8-10-18)20(22)23/h3-13,19,24H,1-2H3,(H3,22,23)(H,25,26)/b5-3-,6-4-. The van der Waals surface area contributed by atoms with Crippen LogP contribution in [0.5, 0.6) is 0 Å². The number of nitrogen functional groups attached to an aromatic ring is 1. The van der Waals surface area contributed by atoms with Gasteiger partial charge in [-0.25, -0.2) is 4.79 Å². The minimum Gasteiger partial charge on any atom is -0.479 e. The van der Waals surface area contributed by atoms with Crippen molar-refractivity contribution < 1.29 is 9.90 Å². The first-order valence-electron chi connectivity index (χ1n) is 8.28. The van der Waals surface area contributed by atoms with Crippen molar-refractivity contribution in [3.8, 4) is 0 Å². The van der Waals surface area contributed by atoms with E-state index >= 15 is 0 Å². The first kappa shape index (κ1) is 19.0. The maximum absolute atomic E-state index is 11.9. The summed E-state index contributed by atoms with van der Waals surface area (Å²) in [5, 5.41) is 20.2. The van der Waals surface area contributed by atoms with Crippen LogP contribution in [0.4, 0.5) is 5.69 Å². The van der Waals surface area contributed by atoms with Gasteiger partial charge in [-0.2, -0.15) is 0 Å². The van der Waals surface area contributed by atoms with Crippen LogP contribution in [0.25, 0.3) is 12.2 Å². The molecule has 0 bridgehead atoms. The van der Waals surface area contributed by atoms with Crippen LogP contribution in [0, 0.1) is 5.41 Å². The summed E-state index contributed by atoms with van der Waals surface area (Å²) >= 11 is 0. The fourth-order valence-corrected chi connectivity index (χ4v) is 2.65. The lowest BCUT2D eigenvalue weighted by Gasteiger charge is -2.18. The number of benzene rings is 2. The van der Waals surface area contributed by atoms with Crippen LogP contribution in [0.1, 0.15) is 42.1 Å². The summed E-state index contributed by atoms with van der Waals surface area (Å²) in [6, 6.07) is 11.6. The van der Waals surface area contributed by atoms with E-state index in [1.165, 1.54) is 0 Å². The number of carbonyl (C=O) groups is 1. The molecule has 0 aliphatic rings. The Morgan fingerprint density at radius 2 is 1.62 bits per heavy atom. The third kappa shape index (κ3) is 4.83. The van der Waals surface area contributed by atoms with E-state index in [4.69, 9.17) is 11.1 Å². The van der Waals surface area contributed by atoms with E-state index in [1.54, 1.807) is 24.3 Å². The summed E-state index contributed by atoms with van der Waals surface area (Å²) < 4.78 is 0. The van der Waals surface area contributed by atoms with Crippen LogP contribution < -0.4 is 11.1 Å². The van der Waals surface area contributed by atoms with Gasteiger partial charge in [-0.15, -0.1) is 0 Å². The van der Waals surface area contributed by atoms with E-state index < -0.39 is 12.0 Å². The minimum atomic E-state index is -0.968. The summed E-state index contributed by atoms with van der Waals surface area (Å²) in [6.45, 7) is 3.84. The number of carboxylic acids is 1. The van der Waals surface area contributed by atoms with E-state index in [2.05, 4.69) is 5.32 Å². The molecule has 2 rings (SSSR count). The van der Waals surface area contributed by atoms with Crippen LogP contribution in [-0.4, -0.2) is 16.9 Å². The van der Waals surface area contributed by atoms with Crippen molar-refractivity contribution in [3.63, 3.8) is 0 Å². The number of nitrogens with two attached hydrogens (primary N) is 1. The number of hydrogen-bond donors (Lipinski definition) is 4. The second kappa shape index (κ2) is 8.67. The van der Waals surface area contributed by atoms with Crippen LogP contribution in [0.3, 0.4) is 0 Å². The molecule has 5 nitrogen and oxygen atoms in total. The Kier molecular flexibility index (Phi) is 6.33. The molecule has 0 fully saturated rings. The zero-order valence-corrected chi connectivity index (χ0v) is 14.9. The average Bonchev–Trinajstić information content (AvgIpc) is 2.60. The molecule has 0 spiro atoms. The van der Waals surface area contributed by atoms with Gasteiger partial charge >= 0.3 is 5.97 Å². The first-order valence-corrected chi connectivity index (χ1v) is 8.28. The average molecular weight is 349 g/mol. The molecule has 0 heterocycles. The van der Waals surface area contributed by atoms with Crippen molar-refractivity contribution in [2.45, 2.75) is 19.9 Å². The number of nitrogens with one attached hydrogen (secondary N) is 2. The predicted octanol–water partition coefficient (Wildman–Crippen LogP) is 4.27. The highest BCUT2D eigenvalue weighted by atomic mass is 16.4. The van der Waals surface area contributed by atoms with Crippen LogP contribution in [0.15, 0.2) is 54.6 Å². The van der Waals surface area contributed by atoms with Crippen molar-refractivity contribution in [2.24, 2.45) is 5.73 Å². The molecular weight excluding hydrogens is 326 g/mol. The second-order valence-electron chi connectivity index (χ2n) is 5.84. The Morgan fingerprint density at radius 1 is 1.08 bits per heavy atom. The number of carboxylic acid groups (broad SMARTS) is 1. The third-order valence-electron chi connectivity index (χ3n) is 3.81. The Balaban J connectivity index is 2.39. The van der Waals surface area contributed by atoms with Gasteiger partial charge in [0.15, 0.2) is 6.04 Å². The van der Waals surface area contributed by atoms with Gasteiger partial charge in [-0.3, -0.25) is 5.41 Å². The Labute approximate surface area is 153 Å². The van der Waals surface area contributed by atoms with E-state index in [1.807, 2.05) is 56.4 Å². The molecule has 0 aromatic heterocycles. The summed E-state index contributed by atoms with van der Waals surface area (Å²) in [6.07, 6.45) is 7.72. The van der Waals surface area contributed by atoms with E-state index in [0.717, 1.165) is 11.1 Å². The normalized spacial score (nSPS) is 12.4. The molecule has 2 aromatic rings. The van der Waals surface area contributed by atoms with Gasteiger partial charge in [0, 0.05) is 11.3 Å². The maximum atomic E-state index is 11.9. The molecule has 0 saturated heterocycles. The first-order chi connectivity index (χ1) is 12.4. The van der Waals surface area contributed by atoms with Gasteiger partial charge in [0.25, 0.3) is 0 Å². The van der Waals surface area contributed by atoms with Gasteiger partial charge < -0.3 is 16.2 Å². The SMILES string of the molecule is C/C=C\c1cc(/C=C\C)cc(C(Nc2ccc(C(=N)N)cc2)C(=O)O)c1. The molecule has 0 radical (unpaired) electrons. The number of rotatable bonds is 7. The highest BCUT2D eigenvalue weighted by molar-refractivity contribution is 5.95. The molecule has 134 valence electrons. The molecule has 0 amide bonds. The van der Waals surface area contributed by atoms with Crippen LogP contribution in [-0.2, 0) is 4.79 Å². The molecule has 0 aliphatic carbocycles. The van der Waals surface area contributed by atoms with Gasteiger partial charge in [-0.05, 0) is 73.0 Å². The van der Waals surface area contributed by atoms with Gasteiger partial charge in [0.1, 0.15) is 5.84 Å². The Hall–Kier alpha value is -3.34. The molecule has 26 heavy (non-hydrogen) atoms. The highest BCUT2D eigenvalue weighted by Crippen LogP contribution is 2.24. The quantitative estimate of drug-likeness (QED) is 0.443. The van der Waals surface area contributed by atoms with E-state index in [9.17, 15) is 9.90 Å². The number of anilines is 1. The fourth-order valence-electron chi connectivity index (χ4n) is 2.65. The maximum Gasteiger partial charge on any atom is 0.330 e. The predicted molar refractivity (Wildman–Crippen MR) is 107 cm³/mol. The summed E-state index contributed by atoms with van der Waals surface area (Å²) in [7, 11) is 0. The molecule has 1 unspecified atom stereocenters. The van der Waals surface area contributed by atoms with Crippen molar-refractivity contribution in [1.82, 2.24) is 0 Å². The van der Waals surface area contributed by atoms with Crippen LogP contribution >= 0.6 is 0 Å². The molecular formula is C21H23N3O2. The Bertz CT molecular complexity index is 822. The zero-order chi connectivity index (χ0) is 19.1. The third-order valence-corrected chi connectivity index (χ3v) is 3.81. The second-order valence-corrected chi connectivity index (χ2v) is 5.84. The molecule has 0 aliphatic heterocycles. The summed E-state index contributed by atoms with van der Waals surface area (Å²) in [5.74, 6) is -0.994. The summed E-state index contributed by atoms with van der Waals surface area (Å²) in [5.41, 5.74) is 9.24. The lowest BCUT2D eigenvalue weighted by Crippen LogP contribution is -2.21. The fraction of sp³-hybridized carbons (Fsp3) is 0.143. The van der Waals surface area contributed by atoms with Crippen molar-refractivity contribution in [3.05, 3.63) is 76.9 Å². The van der Waals surface area contributed by atoms with Crippen molar-refractivity contribution in [2.75, 3.05) is 5.32 Å². The summed E-state index contributed by atoms with van der Waals surface area (Å²) in [4.78, 5) is 11.9. The monoisotopic (exact) mass is 349 g/mol.